The number of halogens is 2. The van der Waals surface area contributed by atoms with Gasteiger partial charge in [-0.15, -0.1) is 11.3 Å². The second-order valence-electron chi connectivity index (χ2n) is 6.86. The molecule has 0 amide bonds. The third-order valence-corrected chi connectivity index (χ3v) is 6.47. The van der Waals surface area contributed by atoms with Crippen LogP contribution in [0.1, 0.15) is 12.0 Å². The number of hydrogen-bond donors (Lipinski definition) is 0. The van der Waals surface area contributed by atoms with Gasteiger partial charge in [-0.05, 0) is 47.7 Å². The Bertz CT molecular complexity index is 1430. The lowest BCUT2D eigenvalue weighted by Crippen LogP contribution is -1.97. The van der Waals surface area contributed by atoms with E-state index in [1.807, 2.05) is 58.5 Å². The number of fused-ring (bicyclic) bond motifs is 3. The number of hydrogen-bond acceptors (Lipinski definition) is 4. The Hall–Kier alpha value is -2.91. The molecule has 7 heteroatoms. The van der Waals surface area contributed by atoms with Crippen molar-refractivity contribution in [1.82, 2.24) is 14.5 Å². The molecule has 5 aromatic rings. The number of benzene rings is 2. The molecule has 3 aromatic heterocycles. The lowest BCUT2D eigenvalue weighted by Gasteiger charge is -2.11. The average molecular weight is 449 g/mol. The zero-order valence-corrected chi connectivity index (χ0v) is 18.0. The Labute approximate surface area is 187 Å². The van der Waals surface area contributed by atoms with Gasteiger partial charge in [0.05, 0.1) is 48.9 Å². The molecule has 0 aliphatic carbocycles. The van der Waals surface area contributed by atoms with E-state index in [2.05, 4.69) is 11.1 Å². The largest absolute Gasteiger partial charge is 0.295 e. The van der Waals surface area contributed by atoms with Crippen molar-refractivity contribution in [2.24, 2.45) is 0 Å². The van der Waals surface area contributed by atoms with E-state index in [4.69, 9.17) is 33.4 Å². The van der Waals surface area contributed by atoms with E-state index in [1.165, 1.54) is 0 Å². The minimum Gasteiger partial charge on any atom is -0.295 e. The molecule has 0 radical (unpaired) electrons. The summed E-state index contributed by atoms with van der Waals surface area (Å²) in [6.45, 7) is 0. The Morgan fingerprint density at radius 3 is 2.73 bits per heavy atom. The number of imidazole rings is 1. The summed E-state index contributed by atoms with van der Waals surface area (Å²) in [6.07, 6.45) is 2.90. The maximum atomic E-state index is 8.82. The van der Waals surface area contributed by atoms with Crippen molar-refractivity contribution in [2.45, 2.75) is 12.8 Å². The van der Waals surface area contributed by atoms with Gasteiger partial charge in [0.2, 0.25) is 0 Å². The number of thiophene rings is 1. The van der Waals surface area contributed by atoms with Gasteiger partial charge < -0.3 is 0 Å². The number of nitrogens with zero attached hydrogens (tertiary/aromatic N) is 4. The molecule has 3 heterocycles. The zero-order valence-electron chi connectivity index (χ0n) is 15.6. The van der Waals surface area contributed by atoms with Crippen molar-refractivity contribution in [2.75, 3.05) is 0 Å². The summed E-state index contributed by atoms with van der Waals surface area (Å²) in [5.41, 5.74) is 5.15. The minimum absolute atomic E-state index is 0.463. The van der Waals surface area contributed by atoms with Crippen LogP contribution in [-0.4, -0.2) is 14.5 Å². The van der Waals surface area contributed by atoms with Crippen LogP contribution in [0.4, 0.5) is 0 Å². The van der Waals surface area contributed by atoms with Crippen molar-refractivity contribution in [3.8, 4) is 22.3 Å². The lowest BCUT2D eigenvalue weighted by atomic mass is 10.1. The summed E-state index contributed by atoms with van der Waals surface area (Å²) in [4.78, 5) is 10.5. The molecule has 0 saturated carbocycles. The molecule has 0 bridgehead atoms. The standard InChI is InChI=1S/C23H14Cl2N4S/c24-16-11-14(3-1-9-26)5-8-19(16)29-13-27-18-7-6-15-12-17(25)22(20-4-2-10-30-20)28-21(15)23(18)29/h2,4-8,10-13H,1,3H2. The SMILES string of the molecule is N#CCCc1ccc(-n2cnc3ccc4cc(Cl)c(-c5cccs5)nc4c32)c(Cl)c1. The van der Waals surface area contributed by atoms with Crippen molar-refractivity contribution in [1.29, 1.82) is 5.26 Å². The Morgan fingerprint density at radius 1 is 1.07 bits per heavy atom. The summed E-state index contributed by atoms with van der Waals surface area (Å²) in [7, 11) is 0. The van der Waals surface area contributed by atoms with E-state index in [9.17, 15) is 0 Å². The number of aryl methyl sites for hydroxylation is 1. The highest BCUT2D eigenvalue weighted by Gasteiger charge is 2.16. The molecular formula is C23H14Cl2N4S. The molecule has 0 unspecified atom stereocenters. The van der Waals surface area contributed by atoms with E-state index in [-0.39, 0.29) is 0 Å². The number of nitriles is 1. The van der Waals surface area contributed by atoms with Crippen molar-refractivity contribution in [3.05, 3.63) is 75.8 Å². The molecule has 2 aromatic carbocycles. The van der Waals surface area contributed by atoms with Crippen LogP contribution in [-0.2, 0) is 6.42 Å². The van der Waals surface area contributed by atoms with Gasteiger partial charge in [-0.1, -0.05) is 41.4 Å². The first-order valence-electron chi connectivity index (χ1n) is 9.31. The fourth-order valence-corrected chi connectivity index (χ4v) is 4.92. The van der Waals surface area contributed by atoms with Gasteiger partial charge >= 0.3 is 0 Å². The molecule has 5 rings (SSSR count). The van der Waals surface area contributed by atoms with Crippen LogP contribution in [0, 0.1) is 11.3 Å². The molecule has 0 saturated heterocycles. The molecule has 0 fully saturated rings. The first-order valence-corrected chi connectivity index (χ1v) is 10.9. The molecule has 4 nitrogen and oxygen atoms in total. The second kappa shape index (κ2) is 7.73. The van der Waals surface area contributed by atoms with Crippen LogP contribution < -0.4 is 0 Å². The average Bonchev–Trinajstić information content (AvgIpc) is 3.42. The Kier molecular flexibility index (Phi) is 4.92. The van der Waals surface area contributed by atoms with E-state index < -0.39 is 0 Å². The number of rotatable bonds is 4. The van der Waals surface area contributed by atoms with E-state index in [0.29, 0.717) is 22.9 Å². The highest BCUT2D eigenvalue weighted by atomic mass is 35.5. The normalized spacial score (nSPS) is 11.2. The molecule has 0 atom stereocenters. The smallest absolute Gasteiger partial charge is 0.101 e. The van der Waals surface area contributed by atoms with E-state index >= 15 is 0 Å². The third kappa shape index (κ3) is 3.23. The third-order valence-electron chi connectivity index (χ3n) is 5.00. The highest BCUT2D eigenvalue weighted by Crippen LogP contribution is 2.35. The van der Waals surface area contributed by atoms with Crippen LogP contribution in [0.2, 0.25) is 10.0 Å². The number of pyridine rings is 1. The Balaban J connectivity index is 1.73. The molecule has 0 spiro atoms. The zero-order chi connectivity index (χ0) is 20.7. The predicted molar refractivity (Wildman–Crippen MR) is 124 cm³/mol. The van der Waals surface area contributed by atoms with Crippen LogP contribution in [0.25, 0.3) is 38.2 Å². The summed E-state index contributed by atoms with van der Waals surface area (Å²) in [5, 5.41) is 13.0. The minimum atomic E-state index is 0.463. The van der Waals surface area contributed by atoms with Gasteiger partial charge in [0.25, 0.3) is 0 Å². The van der Waals surface area contributed by atoms with Crippen LogP contribution >= 0.6 is 34.5 Å². The molecular weight excluding hydrogens is 435 g/mol. The fraction of sp³-hybridized carbons (Fsp3) is 0.0870. The predicted octanol–water partition coefficient (Wildman–Crippen LogP) is 7.07. The van der Waals surface area contributed by atoms with Gasteiger partial charge in [-0.25, -0.2) is 9.97 Å². The summed E-state index contributed by atoms with van der Waals surface area (Å²) in [6, 6.07) is 17.9. The molecule has 0 aliphatic rings. The maximum Gasteiger partial charge on any atom is 0.101 e. The Morgan fingerprint density at radius 2 is 1.97 bits per heavy atom. The highest BCUT2D eigenvalue weighted by molar-refractivity contribution is 7.13. The first-order chi connectivity index (χ1) is 14.7. The molecule has 146 valence electrons. The number of aromatic nitrogens is 3. The molecule has 0 N–H and O–H groups in total. The van der Waals surface area contributed by atoms with Crippen molar-refractivity contribution in [3.63, 3.8) is 0 Å². The summed E-state index contributed by atoms with van der Waals surface area (Å²) < 4.78 is 1.97. The monoisotopic (exact) mass is 448 g/mol. The van der Waals surface area contributed by atoms with E-state index in [0.717, 1.165) is 43.8 Å². The van der Waals surface area contributed by atoms with Gasteiger partial charge in [-0.3, -0.25) is 4.57 Å². The fourth-order valence-electron chi connectivity index (χ4n) is 3.58. The van der Waals surface area contributed by atoms with Crippen LogP contribution in [0.3, 0.4) is 0 Å². The molecule has 0 aliphatic heterocycles. The topological polar surface area (TPSA) is 54.5 Å². The quantitative estimate of drug-likeness (QED) is 0.295. The second-order valence-corrected chi connectivity index (χ2v) is 8.62. The summed E-state index contributed by atoms with van der Waals surface area (Å²) >= 11 is 14.8. The molecule has 30 heavy (non-hydrogen) atoms. The van der Waals surface area contributed by atoms with Crippen LogP contribution in [0.15, 0.2) is 60.2 Å². The maximum absolute atomic E-state index is 8.82. The van der Waals surface area contributed by atoms with Crippen molar-refractivity contribution >= 4 is 56.5 Å². The van der Waals surface area contributed by atoms with Crippen molar-refractivity contribution < 1.29 is 0 Å². The summed E-state index contributed by atoms with van der Waals surface area (Å²) in [5.74, 6) is 0. The lowest BCUT2D eigenvalue weighted by molar-refractivity contribution is 1.00. The van der Waals surface area contributed by atoms with Gasteiger partial charge in [0.1, 0.15) is 6.33 Å². The van der Waals surface area contributed by atoms with Crippen LogP contribution in [0.5, 0.6) is 0 Å². The van der Waals surface area contributed by atoms with Gasteiger partial charge in [-0.2, -0.15) is 5.26 Å². The van der Waals surface area contributed by atoms with Gasteiger partial charge in [0.15, 0.2) is 0 Å². The first kappa shape index (κ1) is 19.1. The van der Waals surface area contributed by atoms with E-state index in [1.54, 1.807) is 17.7 Å². The van der Waals surface area contributed by atoms with Gasteiger partial charge in [0, 0.05) is 11.8 Å².